The minimum atomic E-state index is -0.269. The number of amides is 2. The SMILES string of the molecule is CC(C)(C)NC(=O)c1ccc(NC(=O)C2CC3CCCCC3N2)cc1.Cl. The Morgan fingerprint density at radius 3 is 2.35 bits per heavy atom. The highest BCUT2D eigenvalue weighted by Gasteiger charge is 2.38. The minimum absolute atomic E-state index is 0. The van der Waals surface area contributed by atoms with Crippen molar-refractivity contribution in [1.82, 2.24) is 10.6 Å². The number of carbonyl (C=O) groups is 2. The van der Waals surface area contributed by atoms with Crippen molar-refractivity contribution in [3.8, 4) is 0 Å². The summed E-state index contributed by atoms with van der Waals surface area (Å²) < 4.78 is 0. The van der Waals surface area contributed by atoms with E-state index in [-0.39, 0.29) is 35.8 Å². The summed E-state index contributed by atoms with van der Waals surface area (Å²) in [6.07, 6.45) is 5.91. The third kappa shape index (κ3) is 5.21. The van der Waals surface area contributed by atoms with Gasteiger partial charge in [0.25, 0.3) is 5.91 Å². The van der Waals surface area contributed by atoms with Gasteiger partial charge in [-0.25, -0.2) is 0 Å². The lowest BCUT2D eigenvalue weighted by Gasteiger charge is -2.24. The van der Waals surface area contributed by atoms with E-state index in [1.165, 1.54) is 25.7 Å². The molecule has 0 radical (unpaired) electrons. The van der Waals surface area contributed by atoms with Gasteiger partial charge in [-0.15, -0.1) is 12.4 Å². The van der Waals surface area contributed by atoms with Crippen LogP contribution in [0.4, 0.5) is 5.69 Å². The first-order valence-electron chi connectivity index (χ1n) is 9.31. The quantitative estimate of drug-likeness (QED) is 0.752. The first-order chi connectivity index (χ1) is 11.8. The van der Waals surface area contributed by atoms with E-state index < -0.39 is 0 Å². The third-order valence-corrected chi connectivity index (χ3v) is 5.08. The summed E-state index contributed by atoms with van der Waals surface area (Å²) in [5, 5.41) is 9.40. The number of nitrogens with one attached hydrogen (secondary N) is 3. The Labute approximate surface area is 162 Å². The fourth-order valence-electron chi connectivity index (χ4n) is 3.87. The third-order valence-electron chi connectivity index (χ3n) is 5.08. The van der Waals surface area contributed by atoms with Crippen LogP contribution in [-0.2, 0) is 4.79 Å². The minimum Gasteiger partial charge on any atom is -0.347 e. The molecular weight excluding hydrogens is 350 g/mol. The van der Waals surface area contributed by atoms with E-state index in [9.17, 15) is 9.59 Å². The molecule has 5 nitrogen and oxygen atoms in total. The molecule has 1 aromatic carbocycles. The molecule has 3 atom stereocenters. The van der Waals surface area contributed by atoms with Crippen molar-refractivity contribution < 1.29 is 9.59 Å². The Balaban J connectivity index is 0.00000243. The maximum absolute atomic E-state index is 12.5. The highest BCUT2D eigenvalue weighted by molar-refractivity contribution is 5.97. The number of hydrogen-bond donors (Lipinski definition) is 3. The van der Waals surface area contributed by atoms with E-state index in [2.05, 4.69) is 16.0 Å². The molecule has 1 heterocycles. The maximum Gasteiger partial charge on any atom is 0.251 e. The summed E-state index contributed by atoms with van der Waals surface area (Å²) in [6.45, 7) is 5.85. The molecule has 0 aromatic heterocycles. The van der Waals surface area contributed by atoms with Gasteiger partial charge in [0.1, 0.15) is 0 Å². The van der Waals surface area contributed by atoms with E-state index in [1.807, 2.05) is 20.8 Å². The van der Waals surface area contributed by atoms with Crippen molar-refractivity contribution in [3.63, 3.8) is 0 Å². The predicted octanol–water partition coefficient (Wildman–Crippen LogP) is 3.50. The molecule has 3 rings (SSSR count). The molecule has 1 aromatic rings. The van der Waals surface area contributed by atoms with Crippen molar-refractivity contribution in [2.45, 2.75) is 70.5 Å². The van der Waals surface area contributed by atoms with Crippen molar-refractivity contribution in [2.75, 3.05) is 5.32 Å². The van der Waals surface area contributed by atoms with Crippen LogP contribution >= 0.6 is 12.4 Å². The van der Waals surface area contributed by atoms with Crippen molar-refractivity contribution >= 4 is 29.9 Å². The monoisotopic (exact) mass is 379 g/mol. The Kier molecular flexibility index (Phi) is 6.69. The van der Waals surface area contributed by atoms with E-state index in [1.54, 1.807) is 24.3 Å². The van der Waals surface area contributed by atoms with Gasteiger partial charge in [-0.1, -0.05) is 12.8 Å². The first kappa shape index (κ1) is 20.7. The summed E-state index contributed by atoms with van der Waals surface area (Å²) in [6, 6.07) is 7.48. The van der Waals surface area contributed by atoms with Crippen LogP contribution in [0.15, 0.2) is 24.3 Å². The molecule has 0 bridgehead atoms. The smallest absolute Gasteiger partial charge is 0.251 e. The molecule has 0 spiro atoms. The fourth-order valence-corrected chi connectivity index (χ4v) is 3.87. The Hall–Kier alpha value is -1.59. The number of rotatable bonds is 3. The maximum atomic E-state index is 12.5. The molecule has 2 aliphatic rings. The summed E-state index contributed by atoms with van der Waals surface area (Å²) in [5.41, 5.74) is 1.06. The lowest BCUT2D eigenvalue weighted by molar-refractivity contribution is -0.117. The van der Waals surface area contributed by atoms with Crippen molar-refractivity contribution in [2.24, 2.45) is 5.92 Å². The fraction of sp³-hybridized carbons (Fsp3) is 0.600. The summed E-state index contributed by atoms with van der Waals surface area (Å²) in [7, 11) is 0. The van der Waals surface area contributed by atoms with Gasteiger partial charge in [0, 0.05) is 22.8 Å². The molecule has 6 heteroatoms. The lowest BCUT2D eigenvalue weighted by Crippen LogP contribution is -2.40. The van der Waals surface area contributed by atoms with Crippen LogP contribution in [0.3, 0.4) is 0 Å². The first-order valence-corrected chi connectivity index (χ1v) is 9.31. The van der Waals surface area contributed by atoms with Crippen LogP contribution in [-0.4, -0.2) is 29.4 Å². The Morgan fingerprint density at radius 2 is 1.73 bits per heavy atom. The standard InChI is InChI=1S/C20H29N3O2.ClH/c1-20(2,3)23-18(24)13-8-10-15(11-9-13)21-19(25)17-12-14-6-4-5-7-16(14)22-17;/h8-11,14,16-17,22H,4-7,12H2,1-3H3,(H,21,25)(H,23,24);1H. The lowest BCUT2D eigenvalue weighted by atomic mass is 9.85. The zero-order valence-electron chi connectivity index (χ0n) is 15.8. The summed E-state index contributed by atoms with van der Waals surface area (Å²) in [4.78, 5) is 24.7. The van der Waals surface area contributed by atoms with Crippen LogP contribution in [0.1, 0.15) is 63.2 Å². The van der Waals surface area contributed by atoms with Crippen molar-refractivity contribution in [1.29, 1.82) is 0 Å². The summed E-state index contributed by atoms with van der Waals surface area (Å²) >= 11 is 0. The molecule has 3 N–H and O–H groups in total. The van der Waals surface area contributed by atoms with Crippen LogP contribution < -0.4 is 16.0 Å². The Bertz CT molecular complexity index is 625. The number of fused-ring (bicyclic) bond motifs is 1. The summed E-state index contributed by atoms with van der Waals surface area (Å²) in [5.74, 6) is 0.571. The molecular formula is C20H30ClN3O2. The van der Waals surface area contributed by atoms with Gasteiger partial charge in [-0.05, 0) is 70.2 Å². The second kappa shape index (κ2) is 8.40. The van der Waals surface area contributed by atoms with E-state index in [4.69, 9.17) is 0 Å². The van der Waals surface area contributed by atoms with Gasteiger partial charge < -0.3 is 16.0 Å². The van der Waals surface area contributed by atoms with Gasteiger partial charge in [0.2, 0.25) is 5.91 Å². The van der Waals surface area contributed by atoms with Gasteiger partial charge in [-0.3, -0.25) is 9.59 Å². The van der Waals surface area contributed by atoms with Gasteiger partial charge in [0.15, 0.2) is 0 Å². The topological polar surface area (TPSA) is 70.2 Å². The molecule has 26 heavy (non-hydrogen) atoms. The molecule has 2 amide bonds. The Morgan fingerprint density at radius 1 is 1.08 bits per heavy atom. The molecule has 144 valence electrons. The van der Waals surface area contributed by atoms with Crippen LogP contribution in [0.5, 0.6) is 0 Å². The number of halogens is 1. The zero-order chi connectivity index (χ0) is 18.0. The molecule has 1 aliphatic heterocycles. The predicted molar refractivity (Wildman–Crippen MR) is 107 cm³/mol. The second-order valence-electron chi connectivity index (χ2n) is 8.38. The number of anilines is 1. The molecule has 2 fully saturated rings. The highest BCUT2D eigenvalue weighted by atomic mass is 35.5. The number of benzene rings is 1. The van der Waals surface area contributed by atoms with E-state index >= 15 is 0 Å². The molecule has 1 saturated heterocycles. The van der Waals surface area contributed by atoms with Crippen molar-refractivity contribution in [3.05, 3.63) is 29.8 Å². The highest BCUT2D eigenvalue weighted by Crippen LogP contribution is 2.33. The largest absolute Gasteiger partial charge is 0.347 e. The normalized spacial score (nSPS) is 25.0. The van der Waals surface area contributed by atoms with Gasteiger partial charge >= 0.3 is 0 Å². The van der Waals surface area contributed by atoms with E-state index in [0.29, 0.717) is 17.5 Å². The van der Waals surface area contributed by atoms with Gasteiger partial charge in [0.05, 0.1) is 6.04 Å². The molecule has 3 unspecified atom stereocenters. The average molecular weight is 380 g/mol. The second-order valence-corrected chi connectivity index (χ2v) is 8.38. The average Bonchev–Trinajstić information content (AvgIpc) is 2.98. The molecule has 1 aliphatic carbocycles. The molecule has 1 saturated carbocycles. The van der Waals surface area contributed by atoms with Crippen LogP contribution in [0.2, 0.25) is 0 Å². The number of carbonyl (C=O) groups excluding carboxylic acids is 2. The zero-order valence-corrected chi connectivity index (χ0v) is 16.6. The van der Waals surface area contributed by atoms with E-state index in [0.717, 1.165) is 12.1 Å². The van der Waals surface area contributed by atoms with Crippen LogP contribution in [0.25, 0.3) is 0 Å². The van der Waals surface area contributed by atoms with Gasteiger partial charge in [-0.2, -0.15) is 0 Å². The van der Waals surface area contributed by atoms with Crippen LogP contribution in [0, 0.1) is 5.92 Å². The number of hydrogen-bond acceptors (Lipinski definition) is 3.